The van der Waals surface area contributed by atoms with Gasteiger partial charge in [-0.15, -0.1) is 0 Å². The Balaban J connectivity index is 0.000000509. The van der Waals surface area contributed by atoms with Crippen LogP contribution in [0.1, 0.15) is 100 Å². The van der Waals surface area contributed by atoms with Crippen molar-refractivity contribution in [2.45, 2.75) is 126 Å². The molecule has 0 spiro atoms. The first kappa shape index (κ1) is 29.2. The van der Waals surface area contributed by atoms with E-state index in [9.17, 15) is 0 Å². The molecule has 2 saturated heterocycles. The van der Waals surface area contributed by atoms with Crippen molar-refractivity contribution in [1.82, 2.24) is 0 Å². The summed E-state index contributed by atoms with van der Waals surface area (Å²) in [6.07, 6.45) is 25.4. The molecule has 0 aromatic rings. The summed E-state index contributed by atoms with van der Waals surface area (Å²) in [7, 11) is 0. The van der Waals surface area contributed by atoms with Gasteiger partial charge in [0.25, 0.3) is 0 Å². The molecule has 5 aliphatic rings. The molecule has 0 N–H and O–H groups in total. The van der Waals surface area contributed by atoms with E-state index in [1.807, 2.05) is 52.8 Å². The zero-order valence-corrected chi connectivity index (χ0v) is 25.2. The summed E-state index contributed by atoms with van der Waals surface area (Å²) in [4.78, 5) is 0. The molecule has 0 atom stereocenters. The standard InChI is InChI=1S/C27H46B2.C5H5.Co/c1-24(2)16-28(17-25(24,3)4)22-14-15-23(21-13-11-9-10-12-20(21)22)29-18-26(5,6)27(7,8)19-29;1-2-4-5-3-1;/h9-19H2,1-8H3;1-5H;. The Morgan fingerprint density at radius 1 is 0.486 bits per heavy atom. The SMILES string of the molecule is CC1(C)CB(C2=C3CCCCCC3=C(B3CC(C)(C)C(C)(C)C3)CC2)CC1(C)C.[CH]1C=CC=C1.[Co]. The fraction of sp³-hybridized carbons (Fsp3) is 0.719. The van der Waals surface area contributed by atoms with Gasteiger partial charge in [0.05, 0.1) is 0 Å². The zero-order valence-electron chi connectivity index (χ0n) is 24.2. The molecule has 2 heterocycles. The van der Waals surface area contributed by atoms with Crippen LogP contribution >= 0.6 is 0 Å². The summed E-state index contributed by atoms with van der Waals surface area (Å²) in [5, 5.41) is 0. The third kappa shape index (κ3) is 5.87. The van der Waals surface area contributed by atoms with Gasteiger partial charge in [0.15, 0.2) is 13.4 Å². The average molecular weight is 516 g/mol. The predicted octanol–water partition coefficient (Wildman–Crippen LogP) is 9.85. The summed E-state index contributed by atoms with van der Waals surface area (Å²) in [6.45, 7) is 21.9. The van der Waals surface area contributed by atoms with E-state index in [0.717, 1.165) is 13.4 Å². The van der Waals surface area contributed by atoms with Crippen LogP contribution in [0.4, 0.5) is 0 Å². The zero-order chi connectivity index (χ0) is 24.8. The van der Waals surface area contributed by atoms with Crippen LogP contribution in [0.2, 0.25) is 25.3 Å². The van der Waals surface area contributed by atoms with Gasteiger partial charge in [0.2, 0.25) is 0 Å². The van der Waals surface area contributed by atoms with Gasteiger partial charge in [-0.05, 0) is 60.2 Å². The normalized spacial score (nSPS) is 27.9. The van der Waals surface area contributed by atoms with Gasteiger partial charge in [-0.2, -0.15) is 0 Å². The summed E-state index contributed by atoms with van der Waals surface area (Å²) >= 11 is 0. The van der Waals surface area contributed by atoms with Gasteiger partial charge in [-0.25, -0.2) is 0 Å². The van der Waals surface area contributed by atoms with Crippen molar-refractivity contribution in [3.63, 3.8) is 0 Å². The minimum Gasteiger partial charge on any atom is -0.0974 e. The molecule has 2 radical (unpaired) electrons. The molecular weight excluding hydrogens is 465 g/mol. The topological polar surface area (TPSA) is 0 Å². The van der Waals surface area contributed by atoms with E-state index in [4.69, 9.17) is 0 Å². The molecule has 3 heteroatoms. The summed E-state index contributed by atoms with van der Waals surface area (Å²) in [5.74, 6) is 0. The second kappa shape index (κ2) is 10.8. The first-order valence-electron chi connectivity index (χ1n) is 14.5. The van der Waals surface area contributed by atoms with Crippen molar-refractivity contribution in [2.75, 3.05) is 0 Å². The van der Waals surface area contributed by atoms with E-state index in [1.54, 1.807) is 0 Å². The van der Waals surface area contributed by atoms with E-state index in [1.165, 1.54) is 70.2 Å². The fourth-order valence-electron chi connectivity index (χ4n) is 7.79. The predicted molar refractivity (Wildman–Crippen MR) is 155 cm³/mol. The number of fused-ring (bicyclic) bond motifs is 1. The molecule has 0 aromatic heterocycles. The molecule has 1 saturated carbocycles. The van der Waals surface area contributed by atoms with Crippen molar-refractivity contribution in [1.29, 1.82) is 0 Å². The van der Waals surface area contributed by atoms with Gasteiger partial charge >= 0.3 is 0 Å². The van der Waals surface area contributed by atoms with Gasteiger partial charge in [0, 0.05) is 23.2 Å². The molecule has 0 bridgehead atoms. The van der Waals surface area contributed by atoms with Crippen LogP contribution in [0.25, 0.3) is 0 Å². The number of allylic oxidation sites excluding steroid dienone is 8. The van der Waals surface area contributed by atoms with Gasteiger partial charge in [-0.3, -0.25) is 0 Å². The van der Waals surface area contributed by atoms with Crippen molar-refractivity contribution >= 4 is 13.4 Å². The Labute approximate surface area is 229 Å². The van der Waals surface area contributed by atoms with Gasteiger partial charge in [0.1, 0.15) is 0 Å². The van der Waals surface area contributed by atoms with Crippen LogP contribution in [-0.4, -0.2) is 13.4 Å². The third-order valence-corrected chi connectivity index (χ3v) is 11.4. The van der Waals surface area contributed by atoms with Gasteiger partial charge in [-0.1, -0.05) is 133 Å². The Morgan fingerprint density at radius 3 is 1.11 bits per heavy atom. The van der Waals surface area contributed by atoms with Crippen LogP contribution < -0.4 is 0 Å². The third-order valence-electron chi connectivity index (χ3n) is 11.4. The Hall–Kier alpha value is -0.404. The first-order valence-corrected chi connectivity index (χ1v) is 14.5. The monoisotopic (exact) mass is 516 g/mol. The molecular formula is C32H51B2Co. The minimum atomic E-state index is 0. The summed E-state index contributed by atoms with van der Waals surface area (Å²) in [5.41, 5.74) is 9.48. The van der Waals surface area contributed by atoms with Gasteiger partial charge < -0.3 is 0 Å². The molecule has 0 nitrogen and oxygen atoms in total. The molecule has 5 rings (SSSR count). The van der Waals surface area contributed by atoms with E-state index in [0.29, 0.717) is 21.7 Å². The quantitative estimate of drug-likeness (QED) is 0.321. The van der Waals surface area contributed by atoms with Crippen LogP contribution in [0.3, 0.4) is 0 Å². The van der Waals surface area contributed by atoms with E-state index < -0.39 is 0 Å². The maximum absolute atomic E-state index is 2.53. The molecule has 35 heavy (non-hydrogen) atoms. The molecule has 0 amide bonds. The van der Waals surface area contributed by atoms with Crippen LogP contribution in [0, 0.1) is 28.1 Å². The molecule has 194 valence electrons. The second-order valence-electron chi connectivity index (χ2n) is 14.8. The summed E-state index contributed by atoms with van der Waals surface area (Å²) < 4.78 is 0. The van der Waals surface area contributed by atoms with Crippen LogP contribution in [-0.2, 0) is 16.8 Å². The van der Waals surface area contributed by atoms with E-state index in [-0.39, 0.29) is 16.8 Å². The first-order chi connectivity index (χ1) is 15.8. The van der Waals surface area contributed by atoms with Crippen molar-refractivity contribution < 1.29 is 16.8 Å². The molecule has 3 aliphatic carbocycles. The number of rotatable bonds is 2. The maximum atomic E-state index is 2.53. The number of hydrogen-bond donors (Lipinski definition) is 0. The van der Waals surface area contributed by atoms with Crippen molar-refractivity contribution in [2.24, 2.45) is 21.7 Å². The van der Waals surface area contributed by atoms with E-state index >= 15 is 0 Å². The maximum Gasteiger partial charge on any atom is 0.172 e. The van der Waals surface area contributed by atoms with Crippen LogP contribution in [0.5, 0.6) is 0 Å². The Kier molecular flexibility index (Phi) is 8.96. The van der Waals surface area contributed by atoms with Crippen LogP contribution in [0.15, 0.2) is 46.4 Å². The van der Waals surface area contributed by atoms with Crippen molar-refractivity contribution in [3.05, 3.63) is 52.8 Å². The smallest absolute Gasteiger partial charge is 0.0974 e. The molecule has 0 unspecified atom stereocenters. The average Bonchev–Trinajstić information content (AvgIpc) is 3.36. The minimum absolute atomic E-state index is 0. The largest absolute Gasteiger partial charge is 0.172 e. The second-order valence-corrected chi connectivity index (χ2v) is 14.8. The molecule has 2 aliphatic heterocycles. The van der Waals surface area contributed by atoms with Crippen molar-refractivity contribution in [3.8, 4) is 0 Å². The molecule has 0 aromatic carbocycles. The Morgan fingerprint density at radius 2 is 0.829 bits per heavy atom. The molecule has 3 fully saturated rings. The Bertz CT molecular complexity index is 793. The number of hydrogen-bond acceptors (Lipinski definition) is 0. The fourth-order valence-corrected chi connectivity index (χ4v) is 7.79. The summed E-state index contributed by atoms with van der Waals surface area (Å²) in [6, 6.07) is 0. The van der Waals surface area contributed by atoms with E-state index in [2.05, 4.69) is 55.4 Å².